The average molecular weight is 532 g/mol. The molecule has 0 saturated carbocycles. The molecule has 204 valence electrons. The van der Waals surface area contributed by atoms with Crippen molar-refractivity contribution in [3.63, 3.8) is 0 Å². The lowest BCUT2D eigenvalue weighted by molar-refractivity contribution is -0.141. The molecule has 0 aliphatic rings. The van der Waals surface area contributed by atoms with Crippen molar-refractivity contribution in [2.45, 2.75) is 72.0 Å². The molecule has 0 spiro atoms. The summed E-state index contributed by atoms with van der Waals surface area (Å²) in [4.78, 5) is 28.2. The predicted octanol–water partition coefficient (Wildman–Crippen LogP) is 4.27. The summed E-state index contributed by atoms with van der Waals surface area (Å²) in [5.74, 6) is 0.329. The number of nitrogens with zero attached hydrogens (tertiary/aromatic N) is 2. The molecule has 2 atom stereocenters. The number of aryl methyl sites for hydroxylation is 1. The van der Waals surface area contributed by atoms with E-state index in [4.69, 9.17) is 4.74 Å². The number of carbonyl (C=O) groups is 2. The summed E-state index contributed by atoms with van der Waals surface area (Å²) >= 11 is 0. The number of hydrogen-bond acceptors (Lipinski definition) is 5. The van der Waals surface area contributed by atoms with Crippen LogP contribution in [0.5, 0.6) is 5.75 Å². The second-order valence-corrected chi connectivity index (χ2v) is 11.3. The van der Waals surface area contributed by atoms with Gasteiger partial charge in [0.2, 0.25) is 21.8 Å². The molecule has 0 fully saturated rings. The van der Waals surface area contributed by atoms with Gasteiger partial charge in [-0.3, -0.25) is 13.9 Å². The molecule has 37 heavy (non-hydrogen) atoms. The highest BCUT2D eigenvalue weighted by molar-refractivity contribution is 7.92. The molecule has 2 unspecified atom stereocenters. The number of anilines is 1. The molecule has 0 saturated heterocycles. The molecule has 2 amide bonds. The van der Waals surface area contributed by atoms with Gasteiger partial charge in [-0.05, 0) is 62.9 Å². The Kier molecular flexibility index (Phi) is 11.4. The van der Waals surface area contributed by atoms with Crippen LogP contribution in [0, 0.1) is 6.92 Å². The standard InChI is InChI=1S/C28H41N3O5S/c1-7-22(4)29-28(33)26(8-2)30(20-23-13-17-25(36-5)18-14-23)27(32)10-9-19-31(37(6,34)35)24-15-11-21(3)12-16-24/h11-18,22,26H,7-10,19-20H2,1-6H3,(H,29,33). The van der Waals surface area contributed by atoms with E-state index in [1.807, 2.05) is 64.1 Å². The van der Waals surface area contributed by atoms with Gasteiger partial charge in [-0.1, -0.05) is 43.7 Å². The number of rotatable bonds is 14. The zero-order valence-electron chi connectivity index (χ0n) is 22.9. The van der Waals surface area contributed by atoms with Crippen LogP contribution in [0.25, 0.3) is 0 Å². The van der Waals surface area contributed by atoms with E-state index >= 15 is 0 Å². The molecular weight excluding hydrogens is 490 g/mol. The minimum atomic E-state index is -3.52. The highest BCUT2D eigenvalue weighted by atomic mass is 32.2. The first kappa shape index (κ1) is 30.2. The van der Waals surface area contributed by atoms with Crippen LogP contribution in [0.4, 0.5) is 5.69 Å². The molecule has 0 aliphatic carbocycles. The molecule has 8 nitrogen and oxygen atoms in total. The molecule has 2 rings (SSSR count). The maximum Gasteiger partial charge on any atom is 0.243 e. The Morgan fingerprint density at radius 1 is 1.00 bits per heavy atom. The van der Waals surface area contributed by atoms with E-state index in [1.165, 1.54) is 4.31 Å². The summed E-state index contributed by atoms with van der Waals surface area (Å²) in [6.07, 6.45) is 2.85. The first-order chi connectivity index (χ1) is 17.5. The maximum atomic E-state index is 13.5. The minimum absolute atomic E-state index is 0.00248. The Hall–Kier alpha value is -3.07. The van der Waals surface area contributed by atoms with Gasteiger partial charge in [0.25, 0.3) is 0 Å². The fourth-order valence-electron chi connectivity index (χ4n) is 4.00. The van der Waals surface area contributed by atoms with Gasteiger partial charge in [0, 0.05) is 25.6 Å². The Bertz CT molecular complexity index is 1120. The zero-order valence-corrected chi connectivity index (χ0v) is 23.7. The third-order valence-corrected chi connectivity index (χ3v) is 7.57. The lowest BCUT2D eigenvalue weighted by Crippen LogP contribution is -2.50. The fraction of sp³-hybridized carbons (Fsp3) is 0.500. The van der Waals surface area contributed by atoms with E-state index in [0.29, 0.717) is 24.3 Å². The molecule has 0 radical (unpaired) electrons. The second kappa shape index (κ2) is 14.0. The topological polar surface area (TPSA) is 96.0 Å². The number of sulfonamides is 1. The van der Waals surface area contributed by atoms with E-state index < -0.39 is 16.1 Å². The van der Waals surface area contributed by atoms with Crippen LogP contribution in [-0.2, 0) is 26.2 Å². The highest BCUT2D eigenvalue weighted by Gasteiger charge is 2.29. The molecule has 0 heterocycles. The van der Waals surface area contributed by atoms with Crippen LogP contribution >= 0.6 is 0 Å². The first-order valence-corrected chi connectivity index (χ1v) is 14.6. The largest absolute Gasteiger partial charge is 0.497 e. The summed E-state index contributed by atoms with van der Waals surface area (Å²) in [6, 6.07) is 14.0. The Morgan fingerprint density at radius 3 is 2.14 bits per heavy atom. The van der Waals surface area contributed by atoms with Crippen LogP contribution in [0.3, 0.4) is 0 Å². The number of amides is 2. The van der Waals surface area contributed by atoms with Gasteiger partial charge in [-0.15, -0.1) is 0 Å². The van der Waals surface area contributed by atoms with Gasteiger partial charge in [0.1, 0.15) is 11.8 Å². The normalized spacial score (nSPS) is 12.9. The van der Waals surface area contributed by atoms with Gasteiger partial charge in [-0.2, -0.15) is 0 Å². The quantitative estimate of drug-likeness (QED) is 0.393. The number of nitrogens with one attached hydrogen (secondary N) is 1. The predicted molar refractivity (Wildman–Crippen MR) is 148 cm³/mol. The van der Waals surface area contributed by atoms with Crippen LogP contribution in [0.1, 0.15) is 57.6 Å². The van der Waals surface area contributed by atoms with Crippen molar-refractivity contribution in [2.24, 2.45) is 0 Å². The summed E-state index contributed by atoms with van der Waals surface area (Å²) in [5, 5.41) is 3.00. The van der Waals surface area contributed by atoms with Crippen LogP contribution in [0.2, 0.25) is 0 Å². The minimum Gasteiger partial charge on any atom is -0.497 e. The van der Waals surface area contributed by atoms with E-state index in [1.54, 1.807) is 24.1 Å². The third-order valence-electron chi connectivity index (χ3n) is 6.37. The Morgan fingerprint density at radius 2 is 1.62 bits per heavy atom. The fourth-order valence-corrected chi connectivity index (χ4v) is 4.97. The monoisotopic (exact) mass is 531 g/mol. The smallest absolute Gasteiger partial charge is 0.243 e. The molecule has 2 aromatic rings. The second-order valence-electron chi connectivity index (χ2n) is 9.39. The number of carbonyl (C=O) groups excluding carboxylic acids is 2. The van der Waals surface area contributed by atoms with Crippen molar-refractivity contribution >= 4 is 27.5 Å². The average Bonchev–Trinajstić information content (AvgIpc) is 2.86. The highest BCUT2D eigenvalue weighted by Crippen LogP contribution is 2.21. The molecule has 9 heteroatoms. The van der Waals surface area contributed by atoms with Gasteiger partial charge in [-0.25, -0.2) is 8.42 Å². The maximum absolute atomic E-state index is 13.5. The van der Waals surface area contributed by atoms with Crippen molar-refractivity contribution in [3.8, 4) is 5.75 Å². The molecule has 2 aromatic carbocycles. The van der Waals surface area contributed by atoms with Gasteiger partial charge >= 0.3 is 0 Å². The van der Waals surface area contributed by atoms with E-state index in [2.05, 4.69) is 5.32 Å². The molecule has 0 bridgehead atoms. The number of benzene rings is 2. The number of ether oxygens (including phenoxy) is 1. The van der Waals surface area contributed by atoms with Gasteiger partial charge in [0.05, 0.1) is 19.1 Å². The van der Waals surface area contributed by atoms with Crippen molar-refractivity contribution in [1.82, 2.24) is 10.2 Å². The van der Waals surface area contributed by atoms with E-state index in [9.17, 15) is 18.0 Å². The first-order valence-electron chi connectivity index (χ1n) is 12.8. The Labute approximate surface area is 222 Å². The molecule has 0 aliphatic heterocycles. The van der Waals surface area contributed by atoms with Gasteiger partial charge < -0.3 is 15.0 Å². The zero-order chi connectivity index (χ0) is 27.6. The number of hydrogen-bond donors (Lipinski definition) is 1. The van der Waals surface area contributed by atoms with E-state index in [0.717, 1.165) is 23.8 Å². The van der Waals surface area contributed by atoms with Crippen LogP contribution in [0.15, 0.2) is 48.5 Å². The van der Waals surface area contributed by atoms with Crippen molar-refractivity contribution in [2.75, 3.05) is 24.2 Å². The van der Waals surface area contributed by atoms with E-state index in [-0.39, 0.29) is 37.4 Å². The molecular formula is C28H41N3O5S. The number of methoxy groups -OCH3 is 1. The van der Waals surface area contributed by atoms with Crippen molar-refractivity contribution in [1.29, 1.82) is 0 Å². The van der Waals surface area contributed by atoms with Crippen molar-refractivity contribution in [3.05, 3.63) is 59.7 Å². The third kappa shape index (κ3) is 9.07. The van der Waals surface area contributed by atoms with Crippen molar-refractivity contribution < 1.29 is 22.7 Å². The lowest BCUT2D eigenvalue weighted by Gasteiger charge is -2.32. The van der Waals surface area contributed by atoms with Crippen LogP contribution < -0.4 is 14.4 Å². The summed E-state index contributed by atoms with van der Waals surface area (Å²) in [6.45, 7) is 8.19. The Balaban J connectivity index is 2.22. The summed E-state index contributed by atoms with van der Waals surface area (Å²) in [7, 11) is -1.93. The van der Waals surface area contributed by atoms with Crippen LogP contribution in [-0.4, -0.2) is 57.1 Å². The van der Waals surface area contributed by atoms with Gasteiger partial charge in [0.15, 0.2) is 0 Å². The SMILES string of the molecule is CCC(C)NC(=O)C(CC)N(Cc1ccc(OC)cc1)C(=O)CCCN(c1ccc(C)cc1)S(C)(=O)=O. The molecule has 1 N–H and O–H groups in total. The lowest BCUT2D eigenvalue weighted by atomic mass is 10.1. The molecule has 0 aromatic heterocycles. The summed E-state index contributed by atoms with van der Waals surface area (Å²) < 4.78 is 31.5. The summed E-state index contributed by atoms with van der Waals surface area (Å²) in [5.41, 5.74) is 2.47.